The van der Waals surface area contributed by atoms with Crippen LogP contribution in [0.1, 0.15) is 17.5 Å². The molecular weight excluding hydrogens is 368 g/mol. The number of nitrogens with one attached hydrogen (secondary N) is 1. The number of benzene rings is 2. The Morgan fingerprint density at radius 3 is 2.38 bits per heavy atom. The van der Waals surface area contributed by atoms with Gasteiger partial charge in [-0.3, -0.25) is 9.59 Å². The van der Waals surface area contributed by atoms with Crippen LogP contribution in [0.3, 0.4) is 0 Å². The van der Waals surface area contributed by atoms with Crippen LogP contribution in [0, 0.1) is 19.8 Å². The number of anilines is 2. The number of carbonyl (C=O) groups excluding carboxylic acids is 2. The summed E-state index contributed by atoms with van der Waals surface area (Å²) >= 11 is 3.39. The van der Waals surface area contributed by atoms with Gasteiger partial charge in [0.2, 0.25) is 11.8 Å². The molecule has 1 heterocycles. The molecule has 1 atom stereocenters. The van der Waals surface area contributed by atoms with Crippen molar-refractivity contribution in [3.63, 3.8) is 0 Å². The van der Waals surface area contributed by atoms with E-state index >= 15 is 0 Å². The second-order valence-electron chi connectivity index (χ2n) is 6.14. The van der Waals surface area contributed by atoms with Crippen molar-refractivity contribution < 1.29 is 9.59 Å². The third-order valence-corrected chi connectivity index (χ3v) is 4.89. The largest absolute Gasteiger partial charge is 0.325 e. The number of rotatable bonds is 3. The van der Waals surface area contributed by atoms with Gasteiger partial charge < -0.3 is 10.2 Å². The summed E-state index contributed by atoms with van der Waals surface area (Å²) < 4.78 is 0.960. The van der Waals surface area contributed by atoms with E-state index in [0.29, 0.717) is 6.54 Å². The first-order valence-corrected chi connectivity index (χ1v) is 8.68. The molecule has 24 heavy (non-hydrogen) atoms. The van der Waals surface area contributed by atoms with Crippen LogP contribution in [-0.4, -0.2) is 18.4 Å². The quantitative estimate of drug-likeness (QED) is 0.864. The van der Waals surface area contributed by atoms with Crippen molar-refractivity contribution in [3.05, 3.63) is 58.1 Å². The molecule has 0 aliphatic carbocycles. The Hall–Kier alpha value is -2.14. The minimum atomic E-state index is -0.333. The maximum absolute atomic E-state index is 12.6. The number of carbonyl (C=O) groups is 2. The average molecular weight is 387 g/mol. The topological polar surface area (TPSA) is 49.4 Å². The minimum Gasteiger partial charge on any atom is -0.325 e. The van der Waals surface area contributed by atoms with Gasteiger partial charge in [0.15, 0.2) is 0 Å². The lowest BCUT2D eigenvalue weighted by atomic mass is 10.1. The van der Waals surface area contributed by atoms with E-state index in [1.165, 1.54) is 0 Å². The first-order valence-electron chi connectivity index (χ1n) is 7.88. The molecule has 5 heteroatoms. The molecule has 2 aromatic carbocycles. The summed E-state index contributed by atoms with van der Waals surface area (Å²) in [6, 6.07) is 13.5. The summed E-state index contributed by atoms with van der Waals surface area (Å²) in [5.74, 6) is -0.445. The maximum Gasteiger partial charge on any atom is 0.229 e. The third-order valence-electron chi connectivity index (χ3n) is 4.36. The molecule has 4 nitrogen and oxygen atoms in total. The van der Waals surface area contributed by atoms with Gasteiger partial charge in [-0.1, -0.05) is 34.1 Å². The van der Waals surface area contributed by atoms with Crippen molar-refractivity contribution in [2.24, 2.45) is 5.92 Å². The number of amides is 2. The lowest BCUT2D eigenvalue weighted by Gasteiger charge is -2.17. The Kier molecular flexibility index (Phi) is 4.71. The molecule has 1 saturated heterocycles. The Labute approximate surface area is 150 Å². The van der Waals surface area contributed by atoms with Crippen LogP contribution in [0.15, 0.2) is 46.9 Å². The monoisotopic (exact) mass is 386 g/mol. The Morgan fingerprint density at radius 2 is 1.75 bits per heavy atom. The molecule has 2 aromatic rings. The molecule has 1 aliphatic heterocycles. The Bertz CT molecular complexity index is 766. The van der Waals surface area contributed by atoms with Crippen molar-refractivity contribution in [2.75, 3.05) is 16.8 Å². The average Bonchev–Trinajstić information content (AvgIpc) is 2.94. The van der Waals surface area contributed by atoms with Gasteiger partial charge in [-0.15, -0.1) is 0 Å². The summed E-state index contributed by atoms with van der Waals surface area (Å²) in [7, 11) is 0. The van der Waals surface area contributed by atoms with E-state index < -0.39 is 0 Å². The zero-order valence-electron chi connectivity index (χ0n) is 13.7. The molecule has 0 aromatic heterocycles. The molecule has 0 saturated carbocycles. The van der Waals surface area contributed by atoms with E-state index in [0.717, 1.165) is 27.0 Å². The molecule has 124 valence electrons. The molecule has 0 bridgehead atoms. The molecule has 0 radical (unpaired) electrons. The zero-order valence-corrected chi connectivity index (χ0v) is 15.3. The predicted molar refractivity (Wildman–Crippen MR) is 99.1 cm³/mol. The van der Waals surface area contributed by atoms with Crippen LogP contribution < -0.4 is 10.2 Å². The zero-order chi connectivity index (χ0) is 17.3. The van der Waals surface area contributed by atoms with Crippen molar-refractivity contribution >= 4 is 39.1 Å². The molecule has 1 aliphatic rings. The van der Waals surface area contributed by atoms with Gasteiger partial charge in [0.25, 0.3) is 0 Å². The highest BCUT2D eigenvalue weighted by molar-refractivity contribution is 9.10. The summed E-state index contributed by atoms with van der Waals surface area (Å²) in [5.41, 5.74) is 3.72. The fraction of sp³-hybridized carbons (Fsp3) is 0.263. The Balaban J connectivity index is 1.73. The van der Waals surface area contributed by atoms with E-state index in [1.807, 2.05) is 56.3 Å². The first-order chi connectivity index (χ1) is 11.5. The highest BCUT2D eigenvalue weighted by atomic mass is 79.9. The van der Waals surface area contributed by atoms with E-state index in [2.05, 4.69) is 21.2 Å². The van der Waals surface area contributed by atoms with Gasteiger partial charge in [-0.2, -0.15) is 0 Å². The second kappa shape index (κ2) is 6.77. The molecule has 0 spiro atoms. The second-order valence-corrected chi connectivity index (χ2v) is 7.05. The van der Waals surface area contributed by atoms with Gasteiger partial charge in [-0.05, 0) is 49.2 Å². The standard InChI is InChI=1S/C19H19BrN2O2/c1-12-4-3-5-13(2)18(12)21-19(24)14-10-17(23)22(11-14)16-8-6-15(20)7-9-16/h3-9,14H,10-11H2,1-2H3,(H,21,24)/t14-/m1/s1. The van der Waals surface area contributed by atoms with Crippen molar-refractivity contribution in [1.82, 2.24) is 0 Å². The van der Waals surface area contributed by atoms with Crippen molar-refractivity contribution in [2.45, 2.75) is 20.3 Å². The van der Waals surface area contributed by atoms with Crippen LogP contribution in [0.5, 0.6) is 0 Å². The number of para-hydroxylation sites is 1. The highest BCUT2D eigenvalue weighted by Gasteiger charge is 2.35. The van der Waals surface area contributed by atoms with E-state index in [9.17, 15) is 9.59 Å². The molecular formula is C19H19BrN2O2. The number of nitrogens with zero attached hydrogens (tertiary/aromatic N) is 1. The number of aryl methyl sites for hydroxylation is 2. The lowest BCUT2D eigenvalue weighted by Crippen LogP contribution is -2.28. The van der Waals surface area contributed by atoms with Crippen LogP contribution in [0.25, 0.3) is 0 Å². The van der Waals surface area contributed by atoms with Crippen LogP contribution in [0.4, 0.5) is 11.4 Å². The van der Waals surface area contributed by atoms with Crippen LogP contribution >= 0.6 is 15.9 Å². The fourth-order valence-electron chi connectivity index (χ4n) is 2.99. The summed E-state index contributed by atoms with van der Waals surface area (Å²) in [4.78, 5) is 26.6. The molecule has 3 rings (SSSR count). The molecule has 2 amide bonds. The summed E-state index contributed by atoms with van der Waals surface area (Å²) in [6.07, 6.45) is 0.243. The molecule has 0 unspecified atom stereocenters. The van der Waals surface area contributed by atoms with Gasteiger partial charge in [0.05, 0.1) is 5.92 Å². The summed E-state index contributed by atoms with van der Waals surface area (Å²) in [6.45, 7) is 4.35. The highest BCUT2D eigenvalue weighted by Crippen LogP contribution is 2.28. The molecule has 1 N–H and O–H groups in total. The normalized spacial score (nSPS) is 17.2. The Morgan fingerprint density at radius 1 is 1.12 bits per heavy atom. The summed E-state index contributed by atoms with van der Waals surface area (Å²) in [5, 5.41) is 3.00. The van der Waals surface area contributed by atoms with Gasteiger partial charge in [-0.25, -0.2) is 0 Å². The van der Waals surface area contributed by atoms with Gasteiger partial charge in [0, 0.05) is 28.8 Å². The van der Waals surface area contributed by atoms with E-state index in [4.69, 9.17) is 0 Å². The maximum atomic E-state index is 12.6. The van der Waals surface area contributed by atoms with Crippen molar-refractivity contribution in [3.8, 4) is 0 Å². The molecule has 1 fully saturated rings. The van der Waals surface area contributed by atoms with Gasteiger partial charge in [0.1, 0.15) is 0 Å². The van der Waals surface area contributed by atoms with Crippen molar-refractivity contribution in [1.29, 1.82) is 0 Å². The number of halogens is 1. The lowest BCUT2D eigenvalue weighted by molar-refractivity contribution is -0.122. The van der Waals surface area contributed by atoms with Gasteiger partial charge >= 0.3 is 0 Å². The first kappa shape index (κ1) is 16.7. The van der Waals surface area contributed by atoms with Crippen LogP contribution in [-0.2, 0) is 9.59 Å². The van der Waals surface area contributed by atoms with Crippen LogP contribution in [0.2, 0.25) is 0 Å². The number of hydrogen-bond acceptors (Lipinski definition) is 2. The fourth-order valence-corrected chi connectivity index (χ4v) is 3.26. The predicted octanol–water partition coefficient (Wildman–Crippen LogP) is 4.06. The van der Waals surface area contributed by atoms with E-state index in [1.54, 1.807) is 4.90 Å². The minimum absolute atomic E-state index is 0.0148. The number of hydrogen-bond donors (Lipinski definition) is 1. The SMILES string of the molecule is Cc1cccc(C)c1NC(=O)[C@@H]1CC(=O)N(c2ccc(Br)cc2)C1. The third kappa shape index (κ3) is 3.36. The smallest absolute Gasteiger partial charge is 0.229 e. The van der Waals surface area contributed by atoms with E-state index in [-0.39, 0.29) is 24.2 Å².